The molecule has 1 N–H and O–H groups in total. The van der Waals surface area contributed by atoms with E-state index in [1.807, 2.05) is 18.2 Å². The van der Waals surface area contributed by atoms with Crippen LogP contribution in [0.15, 0.2) is 24.3 Å². The second kappa shape index (κ2) is 7.45. The Balaban J connectivity index is 2.17. The zero-order chi connectivity index (χ0) is 12.7. The Kier molecular flexibility index (Phi) is 6.22. The molecule has 3 nitrogen and oxygen atoms in total. The molecule has 0 radical (unpaired) electrons. The molecule has 0 saturated carbocycles. The summed E-state index contributed by atoms with van der Waals surface area (Å²) in [7, 11) is 0. The first-order valence-corrected chi connectivity index (χ1v) is 6.82. The fourth-order valence-corrected chi connectivity index (χ4v) is 2.16. The molecule has 17 heavy (non-hydrogen) atoms. The summed E-state index contributed by atoms with van der Waals surface area (Å²) in [6.07, 6.45) is 0. The normalized spacial score (nSPS) is 12.1. The predicted octanol–water partition coefficient (Wildman–Crippen LogP) is 3.17. The van der Waals surface area contributed by atoms with Gasteiger partial charge in [0.1, 0.15) is 5.75 Å². The number of ether oxygens (including phenoxy) is 1. The number of carbonyl (C=O) groups is 1. The highest BCUT2D eigenvalue weighted by atomic mass is 35.5. The number of thioether (sulfide) groups is 1. The van der Waals surface area contributed by atoms with Gasteiger partial charge in [-0.2, -0.15) is 11.8 Å². The van der Waals surface area contributed by atoms with Crippen molar-refractivity contribution >= 4 is 29.3 Å². The average Bonchev–Trinajstić information content (AvgIpc) is 2.30. The molecule has 1 aromatic rings. The van der Waals surface area contributed by atoms with E-state index in [2.05, 4.69) is 0 Å². The van der Waals surface area contributed by atoms with Crippen LogP contribution in [0.25, 0.3) is 0 Å². The van der Waals surface area contributed by atoms with Gasteiger partial charge in [-0.15, -0.1) is 0 Å². The van der Waals surface area contributed by atoms with E-state index < -0.39 is 5.97 Å². The van der Waals surface area contributed by atoms with Gasteiger partial charge in [-0.05, 0) is 12.1 Å². The van der Waals surface area contributed by atoms with Gasteiger partial charge in [0.2, 0.25) is 0 Å². The van der Waals surface area contributed by atoms with Crippen molar-refractivity contribution in [3.8, 4) is 5.75 Å². The van der Waals surface area contributed by atoms with Gasteiger partial charge in [-0.3, -0.25) is 4.79 Å². The molecule has 0 fully saturated rings. The number of hydrogen-bond acceptors (Lipinski definition) is 3. The van der Waals surface area contributed by atoms with Gasteiger partial charge >= 0.3 is 5.97 Å². The summed E-state index contributed by atoms with van der Waals surface area (Å²) in [6.45, 7) is 2.23. The van der Waals surface area contributed by atoms with E-state index in [1.165, 1.54) is 0 Å². The standard InChI is InChI=1S/C12H15ClO3S/c1-9(12(14)15)8-17-7-6-16-11-5-3-2-4-10(11)13/h2-5,9H,6-8H2,1H3,(H,14,15). The van der Waals surface area contributed by atoms with Gasteiger partial charge in [-0.1, -0.05) is 30.7 Å². The summed E-state index contributed by atoms with van der Waals surface area (Å²) in [6, 6.07) is 7.29. The van der Waals surface area contributed by atoms with Crippen molar-refractivity contribution in [2.24, 2.45) is 5.92 Å². The lowest BCUT2D eigenvalue weighted by Gasteiger charge is -2.08. The zero-order valence-corrected chi connectivity index (χ0v) is 11.1. The lowest BCUT2D eigenvalue weighted by molar-refractivity contribution is -0.140. The van der Waals surface area contributed by atoms with Crippen LogP contribution < -0.4 is 4.74 Å². The van der Waals surface area contributed by atoms with Gasteiger partial charge < -0.3 is 9.84 Å². The first-order valence-electron chi connectivity index (χ1n) is 5.29. The van der Waals surface area contributed by atoms with E-state index in [-0.39, 0.29) is 5.92 Å². The summed E-state index contributed by atoms with van der Waals surface area (Å²) in [4.78, 5) is 10.6. The Labute approximate surface area is 110 Å². The second-order valence-electron chi connectivity index (χ2n) is 3.59. The zero-order valence-electron chi connectivity index (χ0n) is 9.56. The molecule has 5 heteroatoms. The summed E-state index contributed by atoms with van der Waals surface area (Å²) in [5.41, 5.74) is 0. The van der Waals surface area contributed by atoms with Crippen LogP contribution in [0.1, 0.15) is 6.92 Å². The monoisotopic (exact) mass is 274 g/mol. The van der Waals surface area contributed by atoms with Crippen LogP contribution in [0.4, 0.5) is 0 Å². The fraction of sp³-hybridized carbons (Fsp3) is 0.417. The first-order chi connectivity index (χ1) is 8.11. The summed E-state index contributed by atoms with van der Waals surface area (Å²) in [5.74, 6) is 0.940. The largest absolute Gasteiger partial charge is 0.491 e. The van der Waals surface area contributed by atoms with E-state index in [0.29, 0.717) is 23.1 Å². The van der Waals surface area contributed by atoms with Gasteiger partial charge in [0.25, 0.3) is 0 Å². The third-order valence-electron chi connectivity index (χ3n) is 2.11. The number of hydrogen-bond donors (Lipinski definition) is 1. The Morgan fingerprint density at radius 3 is 2.88 bits per heavy atom. The van der Waals surface area contributed by atoms with Gasteiger partial charge in [0.15, 0.2) is 0 Å². The molecule has 0 aliphatic rings. The van der Waals surface area contributed by atoms with Crippen LogP contribution in [-0.2, 0) is 4.79 Å². The molecule has 0 heterocycles. The second-order valence-corrected chi connectivity index (χ2v) is 5.15. The Morgan fingerprint density at radius 1 is 1.53 bits per heavy atom. The Bertz CT molecular complexity index is 371. The molecule has 0 aromatic heterocycles. The lowest BCUT2D eigenvalue weighted by atomic mass is 10.2. The quantitative estimate of drug-likeness (QED) is 0.776. The van der Waals surface area contributed by atoms with E-state index in [4.69, 9.17) is 21.4 Å². The van der Waals surface area contributed by atoms with Crippen molar-refractivity contribution in [1.82, 2.24) is 0 Å². The minimum atomic E-state index is -0.760. The van der Waals surface area contributed by atoms with Crippen molar-refractivity contribution in [2.75, 3.05) is 18.1 Å². The Morgan fingerprint density at radius 2 is 2.24 bits per heavy atom. The summed E-state index contributed by atoms with van der Waals surface area (Å²) >= 11 is 7.49. The van der Waals surface area contributed by atoms with Crippen LogP contribution in [-0.4, -0.2) is 29.2 Å². The topological polar surface area (TPSA) is 46.5 Å². The van der Waals surface area contributed by atoms with Crippen molar-refractivity contribution in [3.63, 3.8) is 0 Å². The van der Waals surface area contributed by atoms with Gasteiger partial charge in [-0.25, -0.2) is 0 Å². The number of rotatable bonds is 7. The van der Waals surface area contributed by atoms with Crippen molar-refractivity contribution < 1.29 is 14.6 Å². The summed E-state index contributed by atoms with van der Waals surface area (Å²) in [5, 5.41) is 9.28. The Hall–Kier alpha value is -0.870. The number of halogens is 1. The molecule has 0 aliphatic heterocycles. The molecule has 1 rings (SSSR count). The van der Waals surface area contributed by atoms with Crippen LogP contribution in [0.5, 0.6) is 5.75 Å². The molecule has 1 unspecified atom stereocenters. The van der Waals surface area contributed by atoms with Crippen LogP contribution in [0, 0.1) is 5.92 Å². The highest BCUT2D eigenvalue weighted by Gasteiger charge is 2.10. The number of carboxylic acid groups (broad SMARTS) is 1. The first kappa shape index (κ1) is 14.2. The average molecular weight is 275 g/mol. The van der Waals surface area contributed by atoms with Gasteiger partial charge in [0, 0.05) is 11.5 Å². The highest BCUT2D eigenvalue weighted by molar-refractivity contribution is 7.99. The maximum Gasteiger partial charge on any atom is 0.307 e. The maximum absolute atomic E-state index is 10.6. The third-order valence-corrected chi connectivity index (χ3v) is 3.61. The van der Waals surface area contributed by atoms with Crippen LogP contribution >= 0.6 is 23.4 Å². The molecule has 94 valence electrons. The van der Waals surface area contributed by atoms with Crippen molar-refractivity contribution in [2.45, 2.75) is 6.92 Å². The number of benzene rings is 1. The molecule has 0 spiro atoms. The smallest absolute Gasteiger partial charge is 0.307 e. The minimum Gasteiger partial charge on any atom is -0.491 e. The molecule has 0 saturated heterocycles. The van der Waals surface area contributed by atoms with Crippen LogP contribution in [0.2, 0.25) is 5.02 Å². The SMILES string of the molecule is CC(CSCCOc1ccccc1Cl)C(=O)O. The maximum atomic E-state index is 10.6. The predicted molar refractivity (Wildman–Crippen MR) is 71.1 cm³/mol. The highest BCUT2D eigenvalue weighted by Crippen LogP contribution is 2.23. The van der Waals surface area contributed by atoms with E-state index >= 15 is 0 Å². The molecular formula is C12H15ClO3S. The van der Waals surface area contributed by atoms with Crippen molar-refractivity contribution in [3.05, 3.63) is 29.3 Å². The summed E-state index contributed by atoms with van der Waals surface area (Å²) < 4.78 is 5.48. The molecule has 0 amide bonds. The minimum absolute atomic E-state index is 0.319. The number of aliphatic carboxylic acids is 1. The van der Waals surface area contributed by atoms with Crippen molar-refractivity contribution in [1.29, 1.82) is 0 Å². The molecule has 1 atom stereocenters. The molecule has 1 aromatic carbocycles. The van der Waals surface area contributed by atoms with E-state index in [1.54, 1.807) is 24.8 Å². The molecular weight excluding hydrogens is 260 g/mol. The fourth-order valence-electron chi connectivity index (χ4n) is 1.10. The molecule has 0 aliphatic carbocycles. The van der Waals surface area contributed by atoms with Gasteiger partial charge in [0.05, 0.1) is 17.5 Å². The van der Waals surface area contributed by atoms with E-state index in [9.17, 15) is 4.79 Å². The lowest BCUT2D eigenvalue weighted by Crippen LogP contribution is -2.13. The van der Waals surface area contributed by atoms with E-state index in [0.717, 1.165) is 5.75 Å². The number of carboxylic acids is 1. The number of para-hydroxylation sites is 1. The third kappa shape index (κ3) is 5.33. The van der Waals surface area contributed by atoms with Crippen LogP contribution in [0.3, 0.4) is 0 Å². The molecule has 0 bridgehead atoms.